The van der Waals surface area contributed by atoms with Crippen LogP contribution < -0.4 is 11.1 Å². The highest BCUT2D eigenvalue weighted by atomic mass is 31.1. The molecule has 1 atom stereocenters. The van der Waals surface area contributed by atoms with Crippen molar-refractivity contribution in [2.75, 3.05) is 17.2 Å². The number of nitrogens with one attached hydrogen (secondary N) is 1. The smallest absolute Gasteiger partial charge is 0.140 e. The molecule has 0 amide bonds. The van der Waals surface area contributed by atoms with E-state index >= 15 is 0 Å². The Morgan fingerprint density at radius 1 is 1.39 bits per heavy atom. The van der Waals surface area contributed by atoms with Crippen molar-refractivity contribution in [1.82, 2.24) is 0 Å². The third-order valence-electron chi connectivity index (χ3n) is 3.24. The number of allylic oxidation sites excluding steroid dienone is 1. The van der Waals surface area contributed by atoms with Gasteiger partial charge in [-0.3, -0.25) is 0 Å². The second kappa shape index (κ2) is 4.81. The number of hydrogen-bond acceptors (Lipinski definition) is 3. The fraction of sp³-hybridized carbons (Fsp3) is 0.429. The summed E-state index contributed by atoms with van der Waals surface area (Å²) in [5, 5.41) is 13.1. The van der Waals surface area contributed by atoms with Gasteiger partial charge in [0.1, 0.15) is 5.75 Å². The minimum absolute atomic E-state index is 0.140. The first-order valence-corrected chi connectivity index (χ1v) is 7.45. The van der Waals surface area contributed by atoms with E-state index in [9.17, 15) is 5.11 Å². The van der Waals surface area contributed by atoms with E-state index in [4.69, 9.17) is 5.73 Å². The van der Waals surface area contributed by atoms with Gasteiger partial charge in [-0.1, -0.05) is 28.5 Å². The van der Waals surface area contributed by atoms with Crippen molar-refractivity contribution in [2.45, 2.75) is 27.2 Å². The molecule has 0 fully saturated rings. The summed E-state index contributed by atoms with van der Waals surface area (Å²) in [5.74, 6) is 2.40. The van der Waals surface area contributed by atoms with Crippen molar-refractivity contribution in [3.05, 3.63) is 29.2 Å². The summed E-state index contributed by atoms with van der Waals surface area (Å²) in [6, 6.07) is 3.52. The molecule has 1 heterocycles. The predicted molar refractivity (Wildman–Crippen MR) is 80.5 cm³/mol. The average Bonchev–Trinajstić information content (AvgIpc) is 2.28. The molecule has 0 aliphatic carbocycles. The molecule has 0 aromatic heterocycles. The summed E-state index contributed by atoms with van der Waals surface area (Å²) >= 11 is 0. The molecule has 2 rings (SSSR count). The third kappa shape index (κ3) is 2.78. The van der Waals surface area contributed by atoms with E-state index < -0.39 is 0 Å². The molecule has 4 heteroatoms. The Morgan fingerprint density at radius 2 is 2.11 bits per heavy atom. The normalized spacial score (nSPS) is 19.6. The molecule has 0 saturated heterocycles. The molecule has 1 aromatic carbocycles. The van der Waals surface area contributed by atoms with Gasteiger partial charge in [0.15, 0.2) is 0 Å². The Morgan fingerprint density at radius 3 is 2.78 bits per heavy atom. The fourth-order valence-corrected chi connectivity index (χ4v) is 3.40. The monoisotopic (exact) mass is 264 g/mol. The van der Waals surface area contributed by atoms with Gasteiger partial charge in [0.05, 0.1) is 11.4 Å². The van der Waals surface area contributed by atoms with Crippen LogP contribution in [0.5, 0.6) is 5.75 Å². The summed E-state index contributed by atoms with van der Waals surface area (Å²) in [4.78, 5) is 0. The number of aryl methyl sites for hydroxylation is 1. The Hall–Kier alpha value is -1.21. The zero-order valence-electron chi connectivity index (χ0n) is 11.2. The summed E-state index contributed by atoms with van der Waals surface area (Å²) in [6.45, 7) is 6.57. The molecular weight excluding hydrogens is 243 g/mol. The van der Waals surface area contributed by atoms with Crippen LogP contribution in [-0.4, -0.2) is 11.3 Å². The number of rotatable bonds is 2. The van der Waals surface area contributed by atoms with E-state index in [2.05, 4.69) is 25.0 Å². The van der Waals surface area contributed by atoms with Crippen LogP contribution in [0, 0.1) is 12.3 Å². The van der Waals surface area contributed by atoms with Crippen LogP contribution in [0.1, 0.15) is 25.8 Å². The van der Waals surface area contributed by atoms with Crippen LogP contribution in [0.15, 0.2) is 23.6 Å². The van der Waals surface area contributed by atoms with Gasteiger partial charge in [0, 0.05) is 5.70 Å². The lowest BCUT2D eigenvalue weighted by Crippen LogP contribution is -2.20. The van der Waals surface area contributed by atoms with Crippen LogP contribution in [0.4, 0.5) is 11.4 Å². The molecule has 1 aliphatic heterocycles. The highest BCUT2D eigenvalue weighted by Gasteiger charge is 2.23. The van der Waals surface area contributed by atoms with Gasteiger partial charge >= 0.3 is 0 Å². The molecule has 3 nitrogen and oxygen atoms in total. The maximum Gasteiger partial charge on any atom is 0.140 e. The quantitative estimate of drug-likeness (QED) is 0.434. The van der Waals surface area contributed by atoms with Crippen molar-refractivity contribution in [3.8, 4) is 5.75 Å². The van der Waals surface area contributed by atoms with E-state index in [0.717, 1.165) is 26.3 Å². The Kier molecular flexibility index (Phi) is 3.54. The zero-order chi connectivity index (χ0) is 13.3. The van der Waals surface area contributed by atoms with Gasteiger partial charge in [-0.25, -0.2) is 0 Å². The van der Waals surface area contributed by atoms with Gasteiger partial charge in [-0.2, -0.15) is 0 Å². The lowest BCUT2D eigenvalue weighted by atomic mass is 9.90. The van der Waals surface area contributed by atoms with Crippen molar-refractivity contribution in [1.29, 1.82) is 0 Å². The largest absolute Gasteiger partial charge is 0.506 e. The van der Waals surface area contributed by atoms with Gasteiger partial charge in [-0.05, 0) is 42.4 Å². The zero-order valence-corrected chi connectivity index (χ0v) is 12.2. The first-order valence-electron chi connectivity index (χ1n) is 6.16. The van der Waals surface area contributed by atoms with E-state index in [0.29, 0.717) is 11.1 Å². The number of benzene rings is 1. The maximum atomic E-state index is 9.67. The standard InChI is InChI=1S/C14H21N2OP/c1-9-4-5-11(17)12(15)13(9)16-10-6-14(2,3)8-18-7-10/h4-5,7,16-18H,6,8,15H2,1-3H3. The molecule has 1 aliphatic rings. The lowest BCUT2D eigenvalue weighted by Gasteiger charge is -2.30. The average molecular weight is 264 g/mol. The molecule has 98 valence electrons. The van der Waals surface area contributed by atoms with Crippen LogP contribution in [0.3, 0.4) is 0 Å². The molecule has 0 bridgehead atoms. The summed E-state index contributed by atoms with van der Waals surface area (Å²) < 4.78 is 0. The minimum atomic E-state index is 0.140. The number of nitrogen functional groups attached to an aromatic ring is 1. The Balaban J connectivity index is 2.25. The van der Waals surface area contributed by atoms with Gasteiger partial charge < -0.3 is 16.2 Å². The molecular formula is C14H21N2OP. The van der Waals surface area contributed by atoms with Gasteiger partial charge in [0.2, 0.25) is 0 Å². The minimum Gasteiger partial charge on any atom is -0.506 e. The first kappa shape index (κ1) is 13.2. The van der Waals surface area contributed by atoms with Gasteiger partial charge in [-0.15, -0.1) is 0 Å². The van der Waals surface area contributed by atoms with Crippen LogP contribution >= 0.6 is 8.58 Å². The molecule has 18 heavy (non-hydrogen) atoms. The number of phenols is 1. The fourth-order valence-electron chi connectivity index (χ4n) is 2.20. The van der Waals surface area contributed by atoms with Crippen LogP contribution in [0.25, 0.3) is 0 Å². The molecule has 0 radical (unpaired) electrons. The second-order valence-corrected chi connectivity index (χ2v) is 6.76. The lowest BCUT2D eigenvalue weighted by molar-refractivity contribution is 0.416. The molecule has 0 spiro atoms. The summed E-state index contributed by atoms with van der Waals surface area (Å²) in [5.41, 5.74) is 9.81. The predicted octanol–water partition coefficient (Wildman–Crippen LogP) is 3.64. The summed E-state index contributed by atoms with van der Waals surface area (Å²) in [7, 11) is 0.848. The highest BCUT2D eigenvalue weighted by Crippen LogP contribution is 2.41. The number of aromatic hydroxyl groups is 1. The van der Waals surface area contributed by atoms with Crippen LogP contribution in [-0.2, 0) is 0 Å². The van der Waals surface area contributed by atoms with E-state index in [1.54, 1.807) is 6.07 Å². The molecule has 0 saturated carbocycles. The second-order valence-electron chi connectivity index (χ2n) is 5.71. The number of anilines is 2. The van der Waals surface area contributed by atoms with E-state index in [-0.39, 0.29) is 5.75 Å². The Labute approximate surface area is 110 Å². The van der Waals surface area contributed by atoms with E-state index in [1.807, 2.05) is 13.0 Å². The molecule has 4 N–H and O–H groups in total. The van der Waals surface area contributed by atoms with Gasteiger partial charge in [0.25, 0.3) is 0 Å². The first-order chi connectivity index (χ1) is 8.39. The van der Waals surface area contributed by atoms with Crippen molar-refractivity contribution in [2.24, 2.45) is 5.41 Å². The van der Waals surface area contributed by atoms with Crippen molar-refractivity contribution in [3.63, 3.8) is 0 Å². The Bertz CT molecular complexity index is 495. The van der Waals surface area contributed by atoms with E-state index in [1.165, 1.54) is 11.9 Å². The summed E-state index contributed by atoms with van der Waals surface area (Å²) in [6.07, 6.45) is 2.27. The number of phenolic OH excluding ortho intramolecular Hbond substituents is 1. The maximum absolute atomic E-state index is 9.67. The highest BCUT2D eigenvalue weighted by molar-refractivity contribution is 7.41. The molecule has 1 unspecified atom stereocenters. The molecule has 1 aromatic rings. The van der Waals surface area contributed by atoms with Crippen LogP contribution in [0.2, 0.25) is 0 Å². The topological polar surface area (TPSA) is 58.3 Å². The van der Waals surface area contributed by atoms with Crippen molar-refractivity contribution < 1.29 is 5.11 Å². The van der Waals surface area contributed by atoms with Crippen molar-refractivity contribution >= 4 is 20.0 Å². The number of hydrogen-bond donors (Lipinski definition) is 3. The number of nitrogens with two attached hydrogens (primary N) is 1. The third-order valence-corrected chi connectivity index (χ3v) is 4.96. The SMILES string of the molecule is Cc1ccc(O)c(N)c1NC1=CPCC(C)(C)C1.